The van der Waals surface area contributed by atoms with Gasteiger partial charge in [-0.1, -0.05) is 24.3 Å². The standard InChI is InChI=1S/C20H22FNO4S/c1-15(23)17-7-4-8-18(12-17)27(24,25)22-11-5-6-16(13-22)14-26-20-10-3-2-9-19(20)21/h2-4,7-10,12,16H,5-6,11,13-14H2,1H3. The highest BCUT2D eigenvalue weighted by Crippen LogP contribution is 2.25. The van der Waals surface area contributed by atoms with Gasteiger partial charge in [-0.2, -0.15) is 4.31 Å². The van der Waals surface area contributed by atoms with E-state index in [1.54, 1.807) is 30.3 Å². The summed E-state index contributed by atoms with van der Waals surface area (Å²) in [7, 11) is -3.69. The predicted molar refractivity (Wildman–Crippen MR) is 99.8 cm³/mol. The van der Waals surface area contributed by atoms with Crippen molar-refractivity contribution in [3.8, 4) is 5.75 Å². The number of carbonyl (C=O) groups is 1. The van der Waals surface area contributed by atoms with E-state index in [2.05, 4.69) is 0 Å². The van der Waals surface area contributed by atoms with Gasteiger partial charge in [0.1, 0.15) is 0 Å². The van der Waals surface area contributed by atoms with Gasteiger partial charge in [0.05, 0.1) is 11.5 Å². The minimum atomic E-state index is -3.69. The summed E-state index contributed by atoms with van der Waals surface area (Å²) in [4.78, 5) is 11.7. The van der Waals surface area contributed by atoms with Gasteiger partial charge in [-0.3, -0.25) is 4.79 Å². The molecule has 0 bridgehead atoms. The monoisotopic (exact) mass is 391 g/mol. The zero-order valence-corrected chi connectivity index (χ0v) is 15.9. The summed E-state index contributed by atoms with van der Waals surface area (Å²) in [5, 5.41) is 0. The highest BCUT2D eigenvalue weighted by molar-refractivity contribution is 7.89. The number of piperidine rings is 1. The Balaban J connectivity index is 1.70. The van der Waals surface area contributed by atoms with Crippen molar-refractivity contribution < 1.29 is 22.3 Å². The van der Waals surface area contributed by atoms with Gasteiger partial charge in [-0.25, -0.2) is 12.8 Å². The van der Waals surface area contributed by atoms with Crippen LogP contribution in [-0.2, 0) is 10.0 Å². The summed E-state index contributed by atoms with van der Waals surface area (Å²) in [5.74, 6) is -0.462. The number of hydrogen-bond donors (Lipinski definition) is 0. The Morgan fingerprint density at radius 1 is 1.22 bits per heavy atom. The number of nitrogens with zero attached hydrogens (tertiary/aromatic N) is 1. The van der Waals surface area contributed by atoms with Gasteiger partial charge < -0.3 is 4.74 Å². The number of ether oxygens (including phenoxy) is 1. The van der Waals surface area contributed by atoms with Crippen molar-refractivity contribution in [2.24, 2.45) is 5.92 Å². The average Bonchev–Trinajstić information content (AvgIpc) is 2.67. The molecule has 5 nitrogen and oxygen atoms in total. The normalized spacial score (nSPS) is 18.2. The molecule has 3 rings (SSSR count). The molecule has 27 heavy (non-hydrogen) atoms. The van der Waals surface area contributed by atoms with Crippen LogP contribution >= 0.6 is 0 Å². The summed E-state index contributed by atoms with van der Waals surface area (Å²) in [5.41, 5.74) is 0.368. The fraction of sp³-hybridized carbons (Fsp3) is 0.350. The van der Waals surface area contributed by atoms with Crippen LogP contribution in [0.5, 0.6) is 5.75 Å². The number of hydrogen-bond acceptors (Lipinski definition) is 4. The molecule has 2 aromatic rings. The van der Waals surface area contributed by atoms with Crippen molar-refractivity contribution in [1.29, 1.82) is 0 Å². The molecule has 0 N–H and O–H groups in total. The molecule has 0 amide bonds. The van der Waals surface area contributed by atoms with Crippen molar-refractivity contribution in [3.63, 3.8) is 0 Å². The molecule has 1 atom stereocenters. The number of para-hydroxylation sites is 1. The highest BCUT2D eigenvalue weighted by Gasteiger charge is 2.31. The summed E-state index contributed by atoms with van der Waals surface area (Å²) in [6, 6.07) is 12.3. The van der Waals surface area contributed by atoms with E-state index in [0.29, 0.717) is 25.1 Å². The molecule has 1 aliphatic rings. The second-order valence-electron chi connectivity index (χ2n) is 6.70. The number of ketones is 1. The second-order valence-corrected chi connectivity index (χ2v) is 8.63. The van der Waals surface area contributed by atoms with Gasteiger partial charge >= 0.3 is 0 Å². The van der Waals surface area contributed by atoms with Crippen molar-refractivity contribution >= 4 is 15.8 Å². The van der Waals surface area contributed by atoms with E-state index in [9.17, 15) is 17.6 Å². The molecule has 0 radical (unpaired) electrons. The third kappa shape index (κ3) is 4.54. The smallest absolute Gasteiger partial charge is 0.243 e. The molecule has 2 aromatic carbocycles. The van der Waals surface area contributed by atoms with E-state index < -0.39 is 15.8 Å². The minimum Gasteiger partial charge on any atom is -0.490 e. The third-order valence-electron chi connectivity index (χ3n) is 4.67. The molecule has 1 aliphatic heterocycles. The third-order valence-corrected chi connectivity index (χ3v) is 6.53. The number of carbonyl (C=O) groups excluding carboxylic acids is 1. The maximum atomic E-state index is 13.7. The first kappa shape index (κ1) is 19.5. The van der Waals surface area contributed by atoms with Crippen LogP contribution in [0, 0.1) is 11.7 Å². The maximum Gasteiger partial charge on any atom is 0.243 e. The van der Waals surface area contributed by atoms with Gasteiger partial charge in [0, 0.05) is 24.6 Å². The molecule has 0 spiro atoms. The summed E-state index contributed by atoms with van der Waals surface area (Å²) < 4.78 is 46.5. The fourth-order valence-corrected chi connectivity index (χ4v) is 4.78. The average molecular weight is 391 g/mol. The molecule has 1 fully saturated rings. The van der Waals surface area contributed by atoms with Crippen molar-refractivity contribution in [1.82, 2.24) is 4.31 Å². The van der Waals surface area contributed by atoms with Gasteiger partial charge in [-0.15, -0.1) is 0 Å². The Bertz CT molecular complexity index is 929. The van der Waals surface area contributed by atoms with Crippen LogP contribution in [0.2, 0.25) is 0 Å². The Morgan fingerprint density at radius 3 is 2.74 bits per heavy atom. The maximum absolute atomic E-state index is 13.7. The molecule has 1 saturated heterocycles. The lowest BCUT2D eigenvalue weighted by molar-refractivity contribution is 0.101. The van der Waals surface area contributed by atoms with Crippen LogP contribution in [0.15, 0.2) is 53.4 Å². The van der Waals surface area contributed by atoms with E-state index in [1.807, 2.05) is 0 Å². The van der Waals surface area contributed by atoms with Crippen LogP contribution in [0.4, 0.5) is 4.39 Å². The number of sulfonamides is 1. The SMILES string of the molecule is CC(=O)c1cccc(S(=O)(=O)N2CCCC(COc3ccccc3F)C2)c1. The minimum absolute atomic E-state index is 0.0240. The summed E-state index contributed by atoms with van der Waals surface area (Å²) >= 11 is 0. The zero-order valence-electron chi connectivity index (χ0n) is 15.1. The Morgan fingerprint density at radius 2 is 2.00 bits per heavy atom. The summed E-state index contributed by atoms with van der Waals surface area (Å²) in [6.07, 6.45) is 1.52. The zero-order chi connectivity index (χ0) is 19.4. The van der Waals surface area contributed by atoms with Crippen LogP contribution in [0.1, 0.15) is 30.1 Å². The van der Waals surface area contributed by atoms with Crippen molar-refractivity contribution in [3.05, 3.63) is 59.9 Å². The highest BCUT2D eigenvalue weighted by atomic mass is 32.2. The van der Waals surface area contributed by atoms with Crippen molar-refractivity contribution in [2.45, 2.75) is 24.7 Å². The van der Waals surface area contributed by atoms with Gasteiger partial charge in [0.2, 0.25) is 10.0 Å². The number of halogens is 1. The lowest BCUT2D eigenvalue weighted by atomic mass is 10.0. The Labute approximate surface area is 158 Å². The topological polar surface area (TPSA) is 63.7 Å². The largest absolute Gasteiger partial charge is 0.490 e. The molecular formula is C20H22FNO4S. The fourth-order valence-electron chi connectivity index (χ4n) is 3.18. The van der Waals surface area contributed by atoms with E-state index in [1.165, 1.54) is 29.4 Å². The van der Waals surface area contributed by atoms with Crippen LogP contribution in [0.3, 0.4) is 0 Å². The first-order chi connectivity index (χ1) is 12.9. The van der Waals surface area contributed by atoms with Gasteiger partial charge in [0.25, 0.3) is 0 Å². The Hall–Kier alpha value is -2.25. The van der Waals surface area contributed by atoms with E-state index >= 15 is 0 Å². The van der Waals surface area contributed by atoms with Crippen LogP contribution < -0.4 is 4.74 Å². The molecule has 144 valence electrons. The number of benzene rings is 2. The lowest BCUT2D eigenvalue weighted by Crippen LogP contribution is -2.41. The second kappa shape index (κ2) is 8.19. The first-order valence-corrected chi connectivity index (χ1v) is 10.3. The van der Waals surface area contributed by atoms with Crippen LogP contribution in [-0.4, -0.2) is 38.2 Å². The molecule has 0 aliphatic carbocycles. The van der Waals surface area contributed by atoms with Crippen LogP contribution in [0.25, 0.3) is 0 Å². The van der Waals surface area contributed by atoms with E-state index in [-0.39, 0.29) is 29.0 Å². The number of rotatable bonds is 6. The first-order valence-electron chi connectivity index (χ1n) is 8.86. The van der Waals surface area contributed by atoms with Crippen molar-refractivity contribution in [2.75, 3.05) is 19.7 Å². The molecule has 0 saturated carbocycles. The van der Waals surface area contributed by atoms with Gasteiger partial charge in [0.15, 0.2) is 17.3 Å². The number of Topliss-reactive ketones (excluding diaryl/α,β-unsaturated/α-hetero) is 1. The molecule has 0 aromatic heterocycles. The molecule has 7 heteroatoms. The lowest BCUT2D eigenvalue weighted by Gasteiger charge is -2.31. The summed E-state index contributed by atoms with van der Waals surface area (Å²) in [6.45, 7) is 2.38. The molecule has 1 unspecified atom stereocenters. The molecular weight excluding hydrogens is 369 g/mol. The quantitative estimate of drug-likeness (QED) is 0.707. The van der Waals surface area contributed by atoms with E-state index in [0.717, 1.165) is 6.42 Å². The predicted octanol–water partition coefficient (Wildman–Crippen LogP) is 3.51. The van der Waals surface area contributed by atoms with Gasteiger partial charge in [-0.05, 0) is 44.0 Å². The Kier molecular flexibility index (Phi) is 5.92. The molecule has 1 heterocycles. The van der Waals surface area contributed by atoms with E-state index in [4.69, 9.17) is 4.74 Å².